The molecule has 0 aliphatic carbocycles. The maximum absolute atomic E-state index is 11.8. The molecule has 21 heavy (non-hydrogen) atoms. The third-order valence-corrected chi connectivity index (χ3v) is 3.94. The van der Waals surface area contributed by atoms with Crippen molar-refractivity contribution in [2.24, 2.45) is 5.14 Å². The van der Waals surface area contributed by atoms with Gasteiger partial charge in [-0.3, -0.25) is 4.79 Å². The summed E-state index contributed by atoms with van der Waals surface area (Å²) in [6, 6.07) is 6.92. The molecule has 1 aromatic carbocycles. The van der Waals surface area contributed by atoms with Crippen LogP contribution in [0.3, 0.4) is 0 Å². The lowest BCUT2D eigenvalue weighted by molar-refractivity contribution is -0.116. The number of sulfonamides is 1. The monoisotopic (exact) mass is 333 g/mol. The molecule has 2 rings (SSSR count). The van der Waals surface area contributed by atoms with Gasteiger partial charge in [0.2, 0.25) is 15.9 Å². The van der Waals surface area contributed by atoms with Crippen molar-refractivity contribution in [3.63, 3.8) is 0 Å². The molecule has 0 spiro atoms. The fourth-order valence-corrected chi connectivity index (χ4v) is 2.94. The smallest absolute Gasteiger partial charge is 0.225 e. The van der Waals surface area contributed by atoms with Gasteiger partial charge in [0.1, 0.15) is 0 Å². The minimum absolute atomic E-state index is 0. The minimum Gasteiger partial charge on any atom is -0.326 e. The molecule has 1 aliphatic rings. The number of carbonyl (C=O) groups excluding carboxylic acids is 1. The van der Waals surface area contributed by atoms with Crippen molar-refractivity contribution < 1.29 is 13.2 Å². The average molecular weight is 334 g/mol. The SMILES string of the molecule is Cl.NS(=O)(=O)Cc1ccc(NC(=O)CC2CCCN2)cc1. The van der Waals surface area contributed by atoms with Gasteiger partial charge in [0.15, 0.2) is 0 Å². The molecule has 0 saturated carbocycles. The quantitative estimate of drug-likeness (QED) is 0.747. The van der Waals surface area contributed by atoms with E-state index in [4.69, 9.17) is 5.14 Å². The van der Waals surface area contributed by atoms with Gasteiger partial charge >= 0.3 is 0 Å². The number of primary sulfonamides is 1. The van der Waals surface area contributed by atoms with Gasteiger partial charge in [0.25, 0.3) is 0 Å². The van der Waals surface area contributed by atoms with Crippen molar-refractivity contribution in [3.8, 4) is 0 Å². The fourth-order valence-electron chi connectivity index (χ4n) is 2.28. The van der Waals surface area contributed by atoms with Crippen LogP contribution in [0, 0.1) is 0 Å². The van der Waals surface area contributed by atoms with Crippen LogP contribution in [0.1, 0.15) is 24.8 Å². The molecule has 1 atom stereocenters. The summed E-state index contributed by atoms with van der Waals surface area (Å²) < 4.78 is 21.9. The van der Waals surface area contributed by atoms with Crippen LogP contribution < -0.4 is 15.8 Å². The Labute approximate surface area is 130 Å². The molecule has 0 bridgehead atoms. The Morgan fingerprint density at radius 1 is 1.33 bits per heavy atom. The molecule has 1 aliphatic heterocycles. The third-order valence-electron chi connectivity index (χ3n) is 3.20. The highest BCUT2D eigenvalue weighted by atomic mass is 35.5. The summed E-state index contributed by atoms with van der Waals surface area (Å²) in [5.74, 6) is -0.240. The lowest BCUT2D eigenvalue weighted by atomic mass is 10.1. The Hall–Kier alpha value is -1.15. The maximum Gasteiger partial charge on any atom is 0.225 e. The van der Waals surface area contributed by atoms with E-state index in [0.29, 0.717) is 17.7 Å². The second-order valence-electron chi connectivity index (χ2n) is 5.05. The van der Waals surface area contributed by atoms with E-state index < -0.39 is 10.0 Å². The predicted octanol–water partition coefficient (Wildman–Crippen LogP) is 0.977. The van der Waals surface area contributed by atoms with Crippen LogP contribution in [0.25, 0.3) is 0 Å². The van der Waals surface area contributed by atoms with Crippen molar-refractivity contribution >= 4 is 34.0 Å². The Morgan fingerprint density at radius 2 is 2.00 bits per heavy atom. The third kappa shape index (κ3) is 6.43. The molecular weight excluding hydrogens is 314 g/mol. The molecule has 1 fully saturated rings. The Morgan fingerprint density at radius 3 is 2.52 bits per heavy atom. The molecule has 1 heterocycles. The molecule has 1 saturated heterocycles. The fraction of sp³-hybridized carbons (Fsp3) is 0.462. The normalized spacial score (nSPS) is 18.0. The van der Waals surface area contributed by atoms with Crippen molar-refractivity contribution in [1.29, 1.82) is 0 Å². The van der Waals surface area contributed by atoms with E-state index in [9.17, 15) is 13.2 Å². The second kappa shape index (κ2) is 7.74. The largest absolute Gasteiger partial charge is 0.326 e. The number of nitrogens with two attached hydrogens (primary N) is 1. The van der Waals surface area contributed by atoms with E-state index in [1.807, 2.05) is 0 Å². The Balaban J connectivity index is 0.00000220. The van der Waals surface area contributed by atoms with Crippen LogP contribution in [-0.2, 0) is 20.6 Å². The van der Waals surface area contributed by atoms with Gasteiger partial charge in [-0.2, -0.15) is 0 Å². The number of rotatable bonds is 5. The van der Waals surface area contributed by atoms with E-state index in [-0.39, 0.29) is 30.1 Å². The zero-order valence-corrected chi connectivity index (χ0v) is 13.2. The van der Waals surface area contributed by atoms with Crippen LogP contribution in [0.2, 0.25) is 0 Å². The van der Waals surface area contributed by atoms with Gasteiger partial charge in [-0.15, -0.1) is 12.4 Å². The number of anilines is 1. The zero-order valence-electron chi connectivity index (χ0n) is 11.5. The van der Waals surface area contributed by atoms with Crippen molar-refractivity contribution in [3.05, 3.63) is 29.8 Å². The molecule has 118 valence electrons. The van der Waals surface area contributed by atoms with Crippen molar-refractivity contribution in [2.45, 2.75) is 31.1 Å². The molecule has 1 aromatic rings. The minimum atomic E-state index is -3.52. The van der Waals surface area contributed by atoms with Crippen molar-refractivity contribution in [1.82, 2.24) is 5.32 Å². The van der Waals surface area contributed by atoms with Crippen LogP contribution in [0.4, 0.5) is 5.69 Å². The number of halogens is 1. The number of hydrogen-bond acceptors (Lipinski definition) is 4. The molecule has 0 aromatic heterocycles. The maximum atomic E-state index is 11.8. The number of hydrogen-bond donors (Lipinski definition) is 3. The summed E-state index contributed by atoms with van der Waals surface area (Å²) in [5.41, 5.74) is 1.26. The standard InChI is InChI=1S/C13H19N3O3S.ClH/c14-20(18,19)9-10-3-5-11(6-4-10)16-13(17)8-12-2-1-7-15-12;/h3-6,12,15H,1-2,7-9H2,(H,16,17)(H2,14,18,19);1H. The Kier molecular flexibility index (Phi) is 6.60. The van der Waals surface area contributed by atoms with Gasteiger partial charge < -0.3 is 10.6 Å². The number of carbonyl (C=O) groups is 1. The molecule has 4 N–H and O–H groups in total. The van der Waals surface area contributed by atoms with E-state index in [2.05, 4.69) is 10.6 Å². The summed E-state index contributed by atoms with van der Waals surface area (Å²) in [4.78, 5) is 11.8. The van der Waals surface area contributed by atoms with Crippen LogP contribution in [0.15, 0.2) is 24.3 Å². The molecule has 8 heteroatoms. The zero-order chi connectivity index (χ0) is 14.6. The summed E-state index contributed by atoms with van der Waals surface area (Å²) in [6.45, 7) is 0.972. The van der Waals surface area contributed by atoms with Crippen LogP contribution >= 0.6 is 12.4 Å². The number of amides is 1. The van der Waals surface area contributed by atoms with E-state index in [1.54, 1.807) is 24.3 Å². The summed E-state index contributed by atoms with van der Waals surface area (Å²) in [7, 11) is -3.52. The summed E-state index contributed by atoms with van der Waals surface area (Å²) in [6.07, 6.45) is 2.60. The highest BCUT2D eigenvalue weighted by molar-refractivity contribution is 7.88. The highest BCUT2D eigenvalue weighted by Gasteiger charge is 2.17. The van der Waals surface area contributed by atoms with E-state index in [1.165, 1.54) is 0 Å². The first-order valence-electron chi connectivity index (χ1n) is 6.55. The Bertz CT molecular complexity index is 569. The van der Waals surface area contributed by atoms with Gasteiger partial charge in [-0.1, -0.05) is 12.1 Å². The summed E-state index contributed by atoms with van der Waals surface area (Å²) in [5, 5.41) is 11.0. The molecular formula is C13H20ClN3O3S. The van der Waals surface area contributed by atoms with Gasteiger partial charge in [-0.25, -0.2) is 13.6 Å². The number of nitrogens with one attached hydrogen (secondary N) is 2. The van der Waals surface area contributed by atoms with E-state index >= 15 is 0 Å². The van der Waals surface area contributed by atoms with Crippen LogP contribution in [0.5, 0.6) is 0 Å². The number of benzene rings is 1. The molecule has 0 radical (unpaired) electrons. The van der Waals surface area contributed by atoms with Gasteiger partial charge in [0, 0.05) is 18.2 Å². The predicted molar refractivity (Wildman–Crippen MR) is 84.8 cm³/mol. The molecule has 1 amide bonds. The molecule has 6 nitrogen and oxygen atoms in total. The second-order valence-corrected chi connectivity index (χ2v) is 6.66. The van der Waals surface area contributed by atoms with Gasteiger partial charge in [-0.05, 0) is 37.1 Å². The first-order chi connectivity index (χ1) is 9.42. The lowest BCUT2D eigenvalue weighted by Crippen LogP contribution is -2.27. The molecule has 1 unspecified atom stereocenters. The summed E-state index contributed by atoms with van der Waals surface area (Å²) >= 11 is 0. The van der Waals surface area contributed by atoms with Gasteiger partial charge in [0.05, 0.1) is 5.75 Å². The van der Waals surface area contributed by atoms with Crippen LogP contribution in [-0.4, -0.2) is 26.9 Å². The average Bonchev–Trinajstić information content (AvgIpc) is 2.82. The van der Waals surface area contributed by atoms with E-state index in [0.717, 1.165) is 19.4 Å². The first kappa shape index (κ1) is 17.9. The highest BCUT2D eigenvalue weighted by Crippen LogP contribution is 2.13. The first-order valence-corrected chi connectivity index (χ1v) is 8.26. The lowest BCUT2D eigenvalue weighted by Gasteiger charge is -2.10. The van der Waals surface area contributed by atoms with Crippen molar-refractivity contribution in [2.75, 3.05) is 11.9 Å². The topological polar surface area (TPSA) is 101 Å².